The largest absolute Gasteiger partial charge is 0.376 e. The van der Waals surface area contributed by atoms with Gasteiger partial charge in [-0.1, -0.05) is 13.8 Å². The van der Waals surface area contributed by atoms with Crippen LogP contribution in [-0.4, -0.2) is 57.8 Å². The summed E-state index contributed by atoms with van der Waals surface area (Å²) in [6.45, 7) is 7.15. The average Bonchev–Trinajstić information content (AvgIpc) is 2.75. The number of ether oxygens (including phenoxy) is 1. The summed E-state index contributed by atoms with van der Waals surface area (Å²) in [4.78, 5) is 19.8. The second kappa shape index (κ2) is 9.35. The predicted octanol–water partition coefficient (Wildman–Crippen LogP) is 2.96. The van der Waals surface area contributed by atoms with Gasteiger partial charge in [-0.15, -0.1) is 0 Å². The van der Waals surface area contributed by atoms with E-state index in [1.807, 2.05) is 12.1 Å². The van der Waals surface area contributed by atoms with Crippen LogP contribution in [0.3, 0.4) is 0 Å². The number of hydrogen-bond donors (Lipinski definition) is 2. The van der Waals surface area contributed by atoms with Crippen LogP contribution in [-0.2, 0) is 4.74 Å². The number of nitrogens with one attached hydrogen (secondary N) is 2. The molecule has 2 aliphatic rings. The zero-order valence-electron chi connectivity index (χ0n) is 17.3. The Kier molecular flexibility index (Phi) is 6.39. The molecule has 2 aromatic heterocycles. The van der Waals surface area contributed by atoms with Crippen LogP contribution in [0.25, 0.3) is 0 Å². The lowest BCUT2D eigenvalue weighted by Crippen LogP contribution is -2.43. The minimum Gasteiger partial charge on any atom is -0.376 e. The molecule has 2 saturated heterocycles. The van der Waals surface area contributed by atoms with Crippen molar-refractivity contribution in [3.8, 4) is 0 Å². The fourth-order valence-corrected chi connectivity index (χ4v) is 4.21. The molecule has 2 aromatic rings. The van der Waals surface area contributed by atoms with Crippen LogP contribution in [0.15, 0.2) is 30.9 Å². The summed E-state index contributed by atoms with van der Waals surface area (Å²) in [5.41, 5.74) is 0. The first-order valence-electron chi connectivity index (χ1n) is 10.7. The zero-order valence-corrected chi connectivity index (χ0v) is 17.3. The fourth-order valence-electron chi connectivity index (χ4n) is 4.21. The minimum atomic E-state index is 0.222. The summed E-state index contributed by atoms with van der Waals surface area (Å²) in [6.07, 6.45) is 9.68. The van der Waals surface area contributed by atoms with Crippen molar-refractivity contribution in [2.24, 2.45) is 5.92 Å². The van der Waals surface area contributed by atoms with E-state index >= 15 is 0 Å². The molecule has 0 amide bonds. The molecule has 2 atom stereocenters. The summed E-state index contributed by atoms with van der Waals surface area (Å²) >= 11 is 0. The van der Waals surface area contributed by atoms with Gasteiger partial charge in [-0.25, -0.2) is 19.9 Å². The molecule has 2 N–H and O–H groups in total. The number of piperidine rings is 1. The highest BCUT2D eigenvalue weighted by atomic mass is 16.5. The van der Waals surface area contributed by atoms with Crippen LogP contribution in [0.2, 0.25) is 0 Å². The van der Waals surface area contributed by atoms with Crippen LogP contribution in [0.5, 0.6) is 0 Å². The Hall–Kier alpha value is -2.48. The van der Waals surface area contributed by atoms with Gasteiger partial charge in [-0.05, 0) is 37.7 Å². The summed E-state index contributed by atoms with van der Waals surface area (Å²) in [5.74, 6) is 3.02. The van der Waals surface area contributed by atoms with Crippen molar-refractivity contribution < 1.29 is 4.74 Å². The van der Waals surface area contributed by atoms with Gasteiger partial charge in [-0.2, -0.15) is 0 Å². The SMILES string of the molecule is CC(C)[C@@H]1OCCC[C@@H]1Nc1cc(NC2CCN(c3ncccn3)CC2)ncn1. The Labute approximate surface area is 172 Å². The van der Waals surface area contributed by atoms with Crippen molar-refractivity contribution in [3.63, 3.8) is 0 Å². The van der Waals surface area contributed by atoms with E-state index in [-0.39, 0.29) is 6.10 Å². The van der Waals surface area contributed by atoms with Gasteiger partial charge in [0.2, 0.25) is 5.95 Å². The molecule has 4 rings (SSSR count). The summed E-state index contributed by atoms with van der Waals surface area (Å²) in [5, 5.41) is 7.15. The maximum absolute atomic E-state index is 5.99. The molecule has 8 nitrogen and oxygen atoms in total. The van der Waals surface area contributed by atoms with Gasteiger partial charge < -0.3 is 20.3 Å². The molecule has 29 heavy (non-hydrogen) atoms. The van der Waals surface area contributed by atoms with Crippen molar-refractivity contribution in [1.82, 2.24) is 19.9 Å². The maximum atomic E-state index is 5.99. The summed E-state index contributed by atoms with van der Waals surface area (Å²) < 4.78 is 5.99. The summed E-state index contributed by atoms with van der Waals surface area (Å²) in [6, 6.07) is 4.54. The number of hydrogen-bond acceptors (Lipinski definition) is 8. The van der Waals surface area contributed by atoms with E-state index in [1.165, 1.54) is 0 Å². The standard InChI is InChI=1S/C21H31N7O/c1-15(2)20-17(5-3-12-29-20)27-19-13-18(24-14-25-19)26-16-6-10-28(11-7-16)21-22-8-4-9-23-21/h4,8-9,13-17,20H,3,5-7,10-12H2,1-2H3,(H2,24,25,26,27)/t17-,20-/m0/s1. The van der Waals surface area contributed by atoms with Gasteiger partial charge in [-0.3, -0.25) is 0 Å². The van der Waals surface area contributed by atoms with Crippen molar-refractivity contribution in [2.75, 3.05) is 35.2 Å². The topological polar surface area (TPSA) is 88.1 Å². The zero-order chi connectivity index (χ0) is 20.1. The molecule has 0 aliphatic carbocycles. The molecule has 0 saturated carbocycles. The third kappa shape index (κ3) is 5.12. The van der Waals surface area contributed by atoms with Crippen LogP contribution in [0.4, 0.5) is 17.6 Å². The van der Waals surface area contributed by atoms with Crippen molar-refractivity contribution in [3.05, 3.63) is 30.9 Å². The smallest absolute Gasteiger partial charge is 0.225 e. The van der Waals surface area contributed by atoms with Crippen LogP contribution in [0, 0.1) is 5.92 Å². The van der Waals surface area contributed by atoms with E-state index in [0.29, 0.717) is 18.0 Å². The van der Waals surface area contributed by atoms with Gasteiger partial charge in [0.05, 0.1) is 12.1 Å². The van der Waals surface area contributed by atoms with E-state index in [0.717, 1.165) is 63.0 Å². The number of nitrogens with zero attached hydrogens (tertiary/aromatic N) is 5. The molecule has 0 unspecified atom stereocenters. The van der Waals surface area contributed by atoms with Gasteiger partial charge >= 0.3 is 0 Å². The highest BCUT2D eigenvalue weighted by Crippen LogP contribution is 2.24. The van der Waals surface area contributed by atoms with Gasteiger partial charge in [0.1, 0.15) is 18.0 Å². The third-order valence-corrected chi connectivity index (χ3v) is 5.71. The van der Waals surface area contributed by atoms with Gasteiger partial charge in [0, 0.05) is 44.2 Å². The molecule has 0 aromatic carbocycles. The first-order valence-corrected chi connectivity index (χ1v) is 10.7. The lowest BCUT2D eigenvalue weighted by molar-refractivity contribution is -0.0203. The molecule has 2 aliphatic heterocycles. The molecular weight excluding hydrogens is 366 g/mol. The monoisotopic (exact) mass is 397 g/mol. The quantitative estimate of drug-likeness (QED) is 0.769. The van der Waals surface area contributed by atoms with Gasteiger partial charge in [0.25, 0.3) is 0 Å². The molecule has 0 bridgehead atoms. The Morgan fingerprint density at radius 2 is 1.72 bits per heavy atom. The lowest BCUT2D eigenvalue weighted by Gasteiger charge is -2.35. The van der Waals surface area contributed by atoms with E-state index in [2.05, 4.69) is 49.3 Å². The van der Waals surface area contributed by atoms with Crippen molar-refractivity contribution in [2.45, 2.75) is 57.7 Å². The third-order valence-electron chi connectivity index (χ3n) is 5.71. The fraction of sp³-hybridized carbons (Fsp3) is 0.619. The maximum Gasteiger partial charge on any atom is 0.225 e. The highest BCUT2D eigenvalue weighted by Gasteiger charge is 2.29. The molecular formula is C21H31N7O. The molecule has 2 fully saturated rings. The first-order chi connectivity index (χ1) is 14.2. The second-order valence-corrected chi connectivity index (χ2v) is 8.22. The predicted molar refractivity (Wildman–Crippen MR) is 114 cm³/mol. The Bertz CT molecular complexity index is 765. The van der Waals surface area contributed by atoms with E-state index < -0.39 is 0 Å². The van der Waals surface area contributed by atoms with Gasteiger partial charge in [0.15, 0.2) is 0 Å². The normalized spacial score (nSPS) is 23.2. The van der Waals surface area contributed by atoms with E-state index in [4.69, 9.17) is 4.74 Å². The highest BCUT2D eigenvalue weighted by molar-refractivity contribution is 5.48. The molecule has 156 valence electrons. The Morgan fingerprint density at radius 1 is 1.00 bits per heavy atom. The first kappa shape index (κ1) is 19.8. The van der Waals surface area contributed by atoms with Crippen LogP contribution in [0.1, 0.15) is 39.5 Å². The van der Waals surface area contributed by atoms with Crippen molar-refractivity contribution >= 4 is 17.6 Å². The molecule has 0 radical (unpaired) electrons. The Morgan fingerprint density at radius 3 is 2.45 bits per heavy atom. The van der Waals surface area contributed by atoms with E-state index in [9.17, 15) is 0 Å². The van der Waals surface area contributed by atoms with Crippen LogP contribution >= 0.6 is 0 Å². The summed E-state index contributed by atoms with van der Waals surface area (Å²) in [7, 11) is 0. The number of rotatable bonds is 6. The molecule has 4 heterocycles. The van der Waals surface area contributed by atoms with Crippen LogP contribution < -0.4 is 15.5 Å². The minimum absolute atomic E-state index is 0.222. The number of aromatic nitrogens is 4. The van der Waals surface area contributed by atoms with Crippen molar-refractivity contribution in [1.29, 1.82) is 0 Å². The van der Waals surface area contributed by atoms with E-state index in [1.54, 1.807) is 18.7 Å². The average molecular weight is 398 g/mol. The second-order valence-electron chi connectivity index (χ2n) is 8.22. The molecule has 0 spiro atoms. The lowest BCUT2D eigenvalue weighted by atomic mass is 9.94. The number of anilines is 3. The Balaban J connectivity index is 1.32. The molecule has 8 heteroatoms.